The zero-order valence-electron chi connectivity index (χ0n) is 40.1. The number of hydrogen-bond acceptors (Lipinski definition) is 0. The molecule has 0 unspecified atom stereocenters. The monoisotopic (exact) mass is 825 g/mol. The molecular formula is C58H75B2P. The van der Waals surface area contributed by atoms with E-state index >= 15 is 0 Å². The standard InChI is InChI=1S/C58H75B2P/c1-41-33-45(5)55(46(6)34-41)59(56-47(7)35-42(2)36-48(56)8)29-21-15-23-31-61(53-25-17-13-18-26-53,54-27-19-14-20-28-54)32-24-16-22-30-60(57-49(9)37-43(3)38-50(57)10)58-51(11)39-44(4)40-52(58)12/h13-14,17-20,25-28,33-40,61H,15-16,21-24,29-32H2,1-12H3. The Balaban J connectivity index is 1.23. The van der Waals surface area contributed by atoms with Gasteiger partial charge < -0.3 is 0 Å². The minimum atomic E-state index is -2.05. The van der Waals surface area contributed by atoms with Crippen molar-refractivity contribution in [3.8, 4) is 0 Å². The fourth-order valence-corrected chi connectivity index (χ4v) is 17.2. The van der Waals surface area contributed by atoms with E-state index < -0.39 is 7.26 Å². The molecule has 0 atom stereocenters. The van der Waals surface area contributed by atoms with Crippen LogP contribution >= 0.6 is 7.26 Å². The molecule has 0 spiro atoms. The van der Waals surface area contributed by atoms with Crippen molar-refractivity contribution in [3.05, 3.63) is 176 Å². The third-order valence-corrected chi connectivity index (χ3v) is 19.5. The van der Waals surface area contributed by atoms with Gasteiger partial charge in [-0.25, -0.2) is 0 Å². The second kappa shape index (κ2) is 20.8. The average molecular weight is 825 g/mol. The SMILES string of the molecule is Cc1cc(C)c(B(CCCCC[PH](CCCCCB(c2c(C)cc(C)cc2C)c2c(C)cc(C)cc2C)(c2ccccc2)c2ccccc2)c2c(C)cc(C)cc2C)c(C)c1. The van der Waals surface area contributed by atoms with E-state index in [9.17, 15) is 0 Å². The third-order valence-electron chi connectivity index (χ3n) is 14.2. The summed E-state index contributed by atoms with van der Waals surface area (Å²) in [7, 11) is -2.05. The predicted molar refractivity (Wildman–Crippen MR) is 280 cm³/mol. The first kappa shape index (κ1) is 46.4. The van der Waals surface area contributed by atoms with E-state index in [4.69, 9.17) is 0 Å². The van der Waals surface area contributed by atoms with Gasteiger partial charge in [-0.3, -0.25) is 0 Å². The van der Waals surface area contributed by atoms with E-state index in [0.29, 0.717) is 13.4 Å². The van der Waals surface area contributed by atoms with E-state index in [1.807, 2.05) is 0 Å². The van der Waals surface area contributed by atoms with Crippen LogP contribution in [0, 0.1) is 83.1 Å². The Morgan fingerprint density at radius 3 is 0.803 bits per heavy atom. The molecule has 0 heterocycles. The molecule has 0 N–H and O–H groups in total. The number of unbranched alkanes of at least 4 members (excludes halogenated alkanes) is 4. The van der Waals surface area contributed by atoms with Crippen LogP contribution < -0.4 is 32.5 Å². The summed E-state index contributed by atoms with van der Waals surface area (Å²) in [5.74, 6) is 0. The molecule has 0 fully saturated rings. The Hall–Kier alpha value is -4.12. The van der Waals surface area contributed by atoms with E-state index in [0.717, 1.165) is 0 Å². The normalized spacial score (nSPS) is 11.9. The summed E-state index contributed by atoms with van der Waals surface area (Å²) in [6.07, 6.45) is 12.6. The van der Waals surface area contributed by atoms with Gasteiger partial charge in [-0.15, -0.1) is 0 Å². The first-order valence-electron chi connectivity index (χ1n) is 23.6. The summed E-state index contributed by atoms with van der Waals surface area (Å²) in [6.45, 7) is 28.6. The predicted octanol–water partition coefficient (Wildman–Crippen LogP) is 12.0. The molecule has 0 aliphatic rings. The average Bonchev–Trinajstić information content (AvgIpc) is 3.18. The summed E-state index contributed by atoms with van der Waals surface area (Å²) in [4.78, 5) is 0. The number of benzene rings is 6. The third kappa shape index (κ3) is 10.9. The molecule has 3 heteroatoms. The Kier molecular flexibility index (Phi) is 15.8. The molecule has 0 bridgehead atoms. The Morgan fingerprint density at radius 1 is 0.311 bits per heavy atom. The second-order valence-electron chi connectivity index (χ2n) is 19.4. The molecule has 0 aliphatic carbocycles. The van der Waals surface area contributed by atoms with Crippen LogP contribution in [0.3, 0.4) is 0 Å². The zero-order chi connectivity index (χ0) is 43.8. The maximum absolute atomic E-state index is 2.48. The van der Waals surface area contributed by atoms with Gasteiger partial charge in [-0.05, 0) is 0 Å². The van der Waals surface area contributed by atoms with Crippen LogP contribution in [0.1, 0.15) is 105 Å². The molecule has 6 aromatic rings. The molecule has 0 aliphatic heterocycles. The number of hydrogen-bond donors (Lipinski definition) is 0. The summed E-state index contributed by atoms with van der Waals surface area (Å²) in [5, 5.41) is 3.23. The molecule has 61 heavy (non-hydrogen) atoms. The molecule has 6 rings (SSSR count). The van der Waals surface area contributed by atoms with E-state index in [-0.39, 0.29) is 0 Å². The molecule has 0 amide bonds. The van der Waals surface area contributed by atoms with Crippen molar-refractivity contribution < 1.29 is 0 Å². The van der Waals surface area contributed by atoms with Crippen molar-refractivity contribution in [3.63, 3.8) is 0 Å². The number of rotatable bonds is 18. The quantitative estimate of drug-likeness (QED) is 0.0460. The molecule has 0 radical (unpaired) electrons. The van der Waals surface area contributed by atoms with Crippen LogP contribution in [0.2, 0.25) is 12.6 Å². The molecule has 6 aromatic carbocycles. The van der Waals surface area contributed by atoms with Crippen LogP contribution in [0.25, 0.3) is 0 Å². The molecule has 318 valence electrons. The van der Waals surface area contributed by atoms with Crippen molar-refractivity contribution in [1.29, 1.82) is 0 Å². The first-order chi connectivity index (χ1) is 29.2. The van der Waals surface area contributed by atoms with Crippen molar-refractivity contribution in [2.24, 2.45) is 0 Å². The summed E-state index contributed by atoms with van der Waals surface area (Å²) >= 11 is 0. The van der Waals surface area contributed by atoms with Gasteiger partial charge in [0.1, 0.15) is 0 Å². The first-order valence-corrected chi connectivity index (χ1v) is 26.0. The van der Waals surface area contributed by atoms with Gasteiger partial charge in [0, 0.05) is 0 Å². The van der Waals surface area contributed by atoms with Crippen LogP contribution in [-0.2, 0) is 0 Å². The topological polar surface area (TPSA) is 0 Å². The van der Waals surface area contributed by atoms with E-state index in [1.165, 1.54) is 130 Å². The minimum absolute atomic E-state index is 0.426. The van der Waals surface area contributed by atoms with Gasteiger partial charge in [0.15, 0.2) is 0 Å². The van der Waals surface area contributed by atoms with Crippen molar-refractivity contribution >= 4 is 53.1 Å². The van der Waals surface area contributed by atoms with E-state index in [1.54, 1.807) is 32.5 Å². The Bertz CT molecular complexity index is 2030. The summed E-state index contributed by atoms with van der Waals surface area (Å²) < 4.78 is 0. The molecule has 0 aromatic heterocycles. The maximum atomic E-state index is 2.48. The van der Waals surface area contributed by atoms with Crippen molar-refractivity contribution in [1.82, 2.24) is 0 Å². The molecule has 0 nitrogen and oxygen atoms in total. The Labute approximate surface area is 373 Å². The van der Waals surface area contributed by atoms with Gasteiger partial charge in [0.2, 0.25) is 0 Å². The van der Waals surface area contributed by atoms with Gasteiger partial charge in [-0.2, -0.15) is 0 Å². The molecule has 0 saturated heterocycles. The van der Waals surface area contributed by atoms with Crippen molar-refractivity contribution in [2.45, 2.75) is 134 Å². The Morgan fingerprint density at radius 2 is 0.557 bits per heavy atom. The summed E-state index contributed by atoms with van der Waals surface area (Å²) in [5.41, 5.74) is 23.3. The fraction of sp³-hybridized carbons (Fsp3) is 0.379. The van der Waals surface area contributed by atoms with Crippen LogP contribution in [0.15, 0.2) is 109 Å². The van der Waals surface area contributed by atoms with Gasteiger partial charge in [0.25, 0.3) is 0 Å². The number of aryl methyl sites for hydroxylation is 12. The van der Waals surface area contributed by atoms with E-state index in [2.05, 4.69) is 192 Å². The molecule has 0 saturated carbocycles. The second-order valence-corrected chi connectivity index (χ2v) is 23.7. The van der Waals surface area contributed by atoms with Crippen LogP contribution in [0.4, 0.5) is 0 Å². The summed E-state index contributed by atoms with van der Waals surface area (Å²) in [6, 6.07) is 42.8. The van der Waals surface area contributed by atoms with Gasteiger partial charge >= 0.3 is 376 Å². The van der Waals surface area contributed by atoms with Crippen LogP contribution in [-0.4, -0.2) is 25.7 Å². The van der Waals surface area contributed by atoms with Gasteiger partial charge in [0.05, 0.1) is 0 Å². The van der Waals surface area contributed by atoms with Gasteiger partial charge in [-0.1, -0.05) is 0 Å². The van der Waals surface area contributed by atoms with Crippen LogP contribution in [0.5, 0.6) is 0 Å². The zero-order valence-corrected chi connectivity index (χ0v) is 41.1. The molecular weight excluding hydrogens is 749 g/mol. The fourth-order valence-electron chi connectivity index (χ4n) is 12.1. The van der Waals surface area contributed by atoms with Crippen molar-refractivity contribution in [2.75, 3.05) is 12.3 Å².